The molecule has 0 spiro atoms. The fourth-order valence-electron chi connectivity index (χ4n) is 5.01. The number of nitrogens with zero attached hydrogens (tertiary/aromatic N) is 1. The van der Waals surface area contributed by atoms with Gasteiger partial charge in [-0.2, -0.15) is 5.10 Å². The van der Waals surface area contributed by atoms with Crippen LogP contribution in [-0.2, 0) is 21.9 Å². The molecule has 1 aliphatic carbocycles. The van der Waals surface area contributed by atoms with E-state index in [1.807, 2.05) is 18.2 Å². The molecule has 2 aliphatic rings. The van der Waals surface area contributed by atoms with Crippen LogP contribution in [0.3, 0.4) is 0 Å². The number of hydrogen-bond donors (Lipinski definition) is 3. The third-order valence-corrected chi connectivity index (χ3v) is 8.51. The number of ether oxygens (including phenoxy) is 1. The Morgan fingerprint density at radius 2 is 1.97 bits per heavy atom. The number of aromatic nitrogens is 2. The van der Waals surface area contributed by atoms with Gasteiger partial charge in [-0.25, -0.2) is 13.1 Å². The van der Waals surface area contributed by atoms with Crippen LogP contribution in [0.1, 0.15) is 42.0 Å². The van der Waals surface area contributed by atoms with Gasteiger partial charge in [-0.05, 0) is 66.8 Å². The van der Waals surface area contributed by atoms with Crippen LogP contribution < -0.4 is 14.8 Å². The summed E-state index contributed by atoms with van der Waals surface area (Å²) < 4.78 is 32.9. The zero-order valence-corrected chi connectivity index (χ0v) is 21.0. The third kappa shape index (κ3) is 4.83. The summed E-state index contributed by atoms with van der Waals surface area (Å²) in [5.41, 5.74) is 3.99. The fourth-order valence-corrected chi connectivity index (χ4v) is 6.06. The number of halogens is 2. The van der Waals surface area contributed by atoms with Gasteiger partial charge in [0, 0.05) is 29.2 Å². The first-order valence-corrected chi connectivity index (χ1v) is 13.1. The molecule has 0 bridgehead atoms. The molecule has 3 aromatic rings. The Hall–Kier alpha value is -2.10. The summed E-state index contributed by atoms with van der Waals surface area (Å²) in [6.07, 6.45) is 7.07. The number of sulfonamides is 1. The van der Waals surface area contributed by atoms with Crippen molar-refractivity contribution in [3.63, 3.8) is 0 Å². The Kier molecular flexibility index (Phi) is 7.54. The average molecular weight is 523 g/mol. The molecule has 1 atom stereocenters. The minimum Gasteiger partial charge on any atom is -0.492 e. The van der Waals surface area contributed by atoms with E-state index in [0.29, 0.717) is 0 Å². The predicted molar refractivity (Wildman–Crippen MR) is 134 cm³/mol. The van der Waals surface area contributed by atoms with Crippen LogP contribution in [0.25, 0.3) is 0 Å². The summed E-state index contributed by atoms with van der Waals surface area (Å²) in [5, 5.41) is 10.7. The topological polar surface area (TPSA) is 96.1 Å². The Morgan fingerprint density at radius 1 is 1.18 bits per heavy atom. The SMILES string of the molecule is Cl.O=S(=O)(NCCOc1ccc2c(c1)C(C1(c3ccc(Cl)cc3)CCC1)NCC2)c1cn[nH]c1. The molecule has 1 unspecified atom stereocenters. The highest BCUT2D eigenvalue weighted by Gasteiger charge is 2.47. The summed E-state index contributed by atoms with van der Waals surface area (Å²) in [6.45, 7) is 1.35. The summed E-state index contributed by atoms with van der Waals surface area (Å²) in [7, 11) is -3.59. The molecule has 0 saturated heterocycles. The zero-order valence-electron chi connectivity index (χ0n) is 18.6. The van der Waals surface area contributed by atoms with Gasteiger partial charge in [0.2, 0.25) is 10.0 Å². The molecule has 7 nitrogen and oxygen atoms in total. The standard InChI is InChI=1S/C24H27ClN4O3S.ClH/c25-19-5-3-18(4-6-19)24(9-1-10-24)23-22-14-20(7-2-17(22)8-11-26-23)32-13-12-29-33(30,31)21-15-27-28-16-21;/h2-7,14-16,23,26,29H,1,8-13H2,(H,27,28);1H. The number of rotatable bonds is 8. The molecule has 0 amide bonds. The van der Waals surface area contributed by atoms with E-state index in [-0.39, 0.29) is 41.9 Å². The molecule has 182 valence electrons. The van der Waals surface area contributed by atoms with Crippen molar-refractivity contribution in [3.05, 3.63) is 76.6 Å². The maximum absolute atomic E-state index is 12.2. The van der Waals surface area contributed by atoms with E-state index in [1.165, 1.54) is 35.5 Å². The van der Waals surface area contributed by atoms with E-state index < -0.39 is 10.0 Å². The first-order chi connectivity index (χ1) is 16.0. The molecule has 3 N–H and O–H groups in total. The smallest absolute Gasteiger partial charge is 0.243 e. The van der Waals surface area contributed by atoms with Crippen LogP contribution >= 0.6 is 24.0 Å². The van der Waals surface area contributed by atoms with Crippen molar-refractivity contribution in [3.8, 4) is 5.75 Å². The van der Waals surface area contributed by atoms with E-state index >= 15 is 0 Å². The molecule has 2 aromatic carbocycles. The summed E-state index contributed by atoms with van der Waals surface area (Å²) >= 11 is 6.15. The molecule has 0 radical (unpaired) electrons. The molecule has 34 heavy (non-hydrogen) atoms. The molecular formula is C24H28Cl2N4O3S. The van der Waals surface area contributed by atoms with Crippen molar-refractivity contribution in [2.24, 2.45) is 0 Å². The van der Waals surface area contributed by atoms with Crippen molar-refractivity contribution >= 4 is 34.0 Å². The van der Waals surface area contributed by atoms with E-state index in [4.69, 9.17) is 16.3 Å². The normalized spacial score (nSPS) is 18.9. The second-order valence-electron chi connectivity index (χ2n) is 8.69. The molecule has 1 fully saturated rings. The van der Waals surface area contributed by atoms with Crippen LogP contribution in [0.5, 0.6) is 5.75 Å². The van der Waals surface area contributed by atoms with E-state index in [2.05, 4.69) is 44.5 Å². The van der Waals surface area contributed by atoms with Crippen molar-refractivity contribution in [1.82, 2.24) is 20.2 Å². The molecule has 10 heteroatoms. The monoisotopic (exact) mass is 522 g/mol. The lowest BCUT2D eigenvalue weighted by molar-refractivity contribution is 0.164. The van der Waals surface area contributed by atoms with Crippen LogP contribution in [0.2, 0.25) is 5.02 Å². The molecular weight excluding hydrogens is 495 g/mol. The van der Waals surface area contributed by atoms with Gasteiger partial charge in [-0.1, -0.05) is 36.2 Å². The van der Waals surface area contributed by atoms with Gasteiger partial charge in [-0.15, -0.1) is 12.4 Å². The minimum atomic E-state index is -3.59. The molecule has 2 heterocycles. The van der Waals surface area contributed by atoms with Crippen molar-refractivity contribution in [1.29, 1.82) is 0 Å². The quantitative estimate of drug-likeness (QED) is 0.386. The Morgan fingerprint density at radius 3 is 2.65 bits per heavy atom. The Labute approximate surface area is 211 Å². The second kappa shape index (κ2) is 10.3. The predicted octanol–water partition coefficient (Wildman–Crippen LogP) is 4.15. The van der Waals surface area contributed by atoms with Gasteiger partial charge in [0.05, 0.1) is 6.20 Å². The van der Waals surface area contributed by atoms with Crippen molar-refractivity contribution in [2.45, 2.75) is 42.0 Å². The minimum absolute atomic E-state index is 0. The van der Waals surface area contributed by atoms with Gasteiger partial charge in [0.15, 0.2) is 0 Å². The number of benzene rings is 2. The van der Waals surface area contributed by atoms with E-state index in [9.17, 15) is 8.42 Å². The zero-order chi connectivity index (χ0) is 22.9. The van der Waals surface area contributed by atoms with Crippen LogP contribution in [0.15, 0.2) is 59.8 Å². The first kappa shape index (κ1) is 25.0. The number of nitrogens with one attached hydrogen (secondary N) is 3. The Bertz CT molecular complexity index is 1210. The highest BCUT2D eigenvalue weighted by Crippen LogP contribution is 2.53. The second-order valence-corrected chi connectivity index (χ2v) is 10.9. The van der Waals surface area contributed by atoms with Crippen LogP contribution in [0.4, 0.5) is 0 Å². The fraction of sp³-hybridized carbons (Fsp3) is 0.375. The van der Waals surface area contributed by atoms with E-state index in [0.717, 1.165) is 36.6 Å². The lowest BCUT2D eigenvalue weighted by Crippen LogP contribution is -2.49. The summed E-state index contributed by atoms with van der Waals surface area (Å²) in [6, 6.07) is 14.7. The van der Waals surface area contributed by atoms with Gasteiger partial charge in [-0.3, -0.25) is 5.10 Å². The maximum Gasteiger partial charge on any atom is 0.243 e. The Balaban J connectivity index is 0.00000274. The highest BCUT2D eigenvalue weighted by atomic mass is 35.5. The summed E-state index contributed by atoms with van der Waals surface area (Å²) in [4.78, 5) is 0.109. The van der Waals surface area contributed by atoms with Crippen molar-refractivity contribution in [2.75, 3.05) is 19.7 Å². The van der Waals surface area contributed by atoms with Crippen molar-refractivity contribution < 1.29 is 13.2 Å². The molecule has 1 aromatic heterocycles. The highest BCUT2D eigenvalue weighted by molar-refractivity contribution is 7.89. The van der Waals surface area contributed by atoms with Crippen LogP contribution in [-0.4, -0.2) is 38.3 Å². The van der Waals surface area contributed by atoms with E-state index in [1.54, 1.807) is 0 Å². The van der Waals surface area contributed by atoms with Crippen LogP contribution in [0, 0.1) is 0 Å². The lowest BCUT2D eigenvalue weighted by atomic mass is 9.58. The van der Waals surface area contributed by atoms with Gasteiger partial charge >= 0.3 is 0 Å². The average Bonchev–Trinajstić information content (AvgIpc) is 3.34. The maximum atomic E-state index is 12.2. The number of H-pyrrole nitrogens is 1. The number of aromatic amines is 1. The van der Waals surface area contributed by atoms with Gasteiger partial charge in [0.1, 0.15) is 17.3 Å². The lowest BCUT2D eigenvalue weighted by Gasteiger charge is -2.50. The first-order valence-electron chi connectivity index (χ1n) is 11.2. The molecule has 1 saturated carbocycles. The van der Waals surface area contributed by atoms with Gasteiger partial charge < -0.3 is 10.1 Å². The number of fused-ring (bicyclic) bond motifs is 1. The molecule has 5 rings (SSSR count). The van der Waals surface area contributed by atoms with Gasteiger partial charge in [0.25, 0.3) is 0 Å². The largest absolute Gasteiger partial charge is 0.492 e. The summed E-state index contributed by atoms with van der Waals surface area (Å²) in [5.74, 6) is 0.746. The molecule has 1 aliphatic heterocycles. The number of hydrogen-bond acceptors (Lipinski definition) is 5. The third-order valence-electron chi connectivity index (χ3n) is 6.83.